The van der Waals surface area contributed by atoms with Crippen LogP contribution in [0, 0.1) is 0 Å². The highest BCUT2D eigenvalue weighted by atomic mass is 16.5. The van der Waals surface area contributed by atoms with E-state index in [1.165, 1.54) is 7.11 Å². The van der Waals surface area contributed by atoms with E-state index in [0.717, 1.165) is 0 Å². The highest BCUT2D eigenvalue weighted by Gasteiger charge is 2.16. The van der Waals surface area contributed by atoms with Gasteiger partial charge in [-0.15, -0.1) is 0 Å². The molecule has 0 heterocycles. The first-order chi connectivity index (χ1) is 11.0. The summed E-state index contributed by atoms with van der Waals surface area (Å²) in [7, 11) is 1.52. The first kappa shape index (κ1) is 16.6. The van der Waals surface area contributed by atoms with Crippen molar-refractivity contribution in [2.24, 2.45) is 0 Å². The SMILES string of the molecule is COc1ccccc1/C(=C/c1ccccc1OC(C)C)C(=O)O. The van der Waals surface area contributed by atoms with Crippen LogP contribution in [-0.4, -0.2) is 24.3 Å². The lowest BCUT2D eigenvalue weighted by Crippen LogP contribution is -2.07. The maximum atomic E-state index is 11.7. The number of para-hydroxylation sites is 2. The zero-order valence-electron chi connectivity index (χ0n) is 13.4. The van der Waals surface area contributed by atoms with Crippen molar-refractivity contribution < 1.29 is 19.4 Å². The van der Waals surface area contributed by atoms with Crippen molar-refractivity contribution >= 4 is 17.6 Å². The second-order valence-electron chi connectivity index (χ2n) is 5.27. The molecule has 0 aliphatic carbocycles. The predicted molar refractivity (Wildman–Crippen MR) is 90.7 cm³/mol. The summed E-state index contributed by atoms with van der Waals surface area (Å²) in [4.78, 5) is 11.7. The molecule has 0 radical (unpaired) electrons. The van der Waals surface area contributed by atoms with Gasteiger partial charge < -0.3 is 14.6 Å². The van der Waals surface area contributed by atoms with Crippen LogP contribution in [0.4, 0.5) is 0 Å². The molecule has 2 aromatic carbocycles. The number of rotatable bonds is 6. The van der Waals surface area contributed by atoms with E-state index in [0.29, 0.717) is 22.6 Å². The van der Waals surface area contributed by atoms with Gasteiger partial charge in [0.2, 0.25) is 0 Å². The van der Waals surface area contributed by atoms with E-state index in [2.05, 4.69) is 0 Å². The van der Waals surface area contributed by atoms with E-state index in [-0.39, 0.29) is 11.7 Å². The Morgan fingerprint density at radius 1 is 1.04 bits per heavy atom. The quantitative estimate of drug-likeness (QED) is 0.644. The molecule has 120 valence electrons. The van der Waals surface area contributed by atoms with Crippen molar-refractivity contribution in [3.63, 3.8) is 0 Å². The average Bonchev–Trinajstić information content (AvgIpc) is 2.53. The lowest BCUT2D eigenvalue weighted by molar-refractivity contribution is -0.130. The molecule has 0 bridgehead atoms. The first-order valence-corrected chi connectivity index (χ1v) is 7.37. The Morgan fingerprint density at radius 3 is 2.26 bits per heavy atom. The monoisotopic (exact) mass is 312 g/mol. The molecule has 2 rings (SSSR count). The van der Waals surface area contributed by atoms with Gasteiger partial charge in [0.15, 0.2) is 0 Å². The smallest absolute Gasteiger partial charge is 0.336 e. The molecule has 23 heavy (non-hydrogen) atoms. The summed E-state index contributed by atoms with van der Waals surface area (Å²) < 4.78 is 11.0. The molecule has 0 atom stereocenters. The van der Waals surface area contributed by atoms with Crippen LogP contribution in [0.2, 0.25) is 0 Å². The molecule has 0 saturated carbocycles. The minimum atomic E-state index is -1.02. The molecule has 2 aromatic rings. The van der Waals surface area contributed by atoms with Crippen molar-refractivity contribution in [2.75, 3.05) is 7.11 Å². The van der Waals surface area contributed by atoms with Gasteiger partial charge in [0.05, 0.1) is 18.8 Å². The zero-order chi connectivity index (χ0) is 16.8. The van der Waals surface area contributed by atoms with E-state index >= 15 is 0 Å². The first-order valence-electron chi connectivity index (χ1n) is 7.37. The van der Waals surface area contributed by atoms with Crippen LogP contribution < -0.4 is 9.47 Å². The summed E-state index contributed by atoms with van der Waals surface area (Å²) in [5.74, 6) is 0.147. The molecule has 4 heteroatoms. The number of benzene rings is 2. The number of carboxylic acids is 1. The van der Waals surface area contributed by atoms with Crippen molar-refractivity contribution in [1.82, 2.24) is 0 Å². The summed E-state index contributed by atoms with van der Waals surface area (Å²) in [6, 6.07) is 14.4. The molecule has 0 aromatic heterocycles. The highest BCUT2D eigenvalue weighted by Crippen LogP contribution is 2.30. The summed E-state index contributed by atoms with van der Waals surface area (Å²) in [5.41, 5.74) is 1.40. The van der Waals surface area contributed by atoms with Gasteiger partial charge in [-0.1, -0.05) is 36.4 Å². The fourth-order valence-corrected chi connectivity index (χ4v) is 2.24. The lowest BCUT2D eigenvalue weighted by atomic mass is 10.0. The minimum Gasteiger partial charge on any atom is -0.496 e. The molecule has 0 spiro atoms. The third-order valence-corrected chi connectivity index (χ3v) is 3.21. The van der Waals surface area contributed by atoms with Gasteiger partial charge in [0, 0.05) is 11.1 Å². The summed E-state index contributed by atoms with van der Waals surface area (Å²) >= 11 is 0. The minimum absolute atomic E-state index is 0.00379. The molecule has 4 nitrogen and oxygen atoms in total. The number of hydrogen-bond donors (Lipinski definition) is 1. The average molecular weight is 312 g/mol. The van der Waals surface area contributed by atoms with E-state index < -0.39 is 5.97 Å². The van der Waals surface area contributed by atoms with Crippen LogP contribution in [0.5, 0.6) is 11.5 Å². The van der Waals surface area contributed by atoms with E-state index in [9.17, 15) is 9.90 Å². The number of hydrogen-bond acceptors (Lipinski definition) is 3. The van der Waals surface area contributed by atoms with Crippen molar-refractivity contribution in [3.05, 3.63) is 59.7 Å². The Labute approximate surface area is 136 Å². The molecule has 1 N–H and O–H groups in total. The molecule has 0 aliphatic heterocycles. The third kappa shape index (κ3) is 4.13. The number of carboxylic acid groups (broad SMARTS) is 1. The normalized spacial score (nSPS) is 11.4. The molecule has 0 saturated heterocycles. The second kappa shape index (κ2) is 7.49. The second-order valence-corrected chi connectivity index (χ2v) is 5.27. The molecule has 0 unspecified atom stereocenters. The van der Waals surface area contributed by atoms with Crippen LogP contribution in [-0.2, 0) is 4.79 Å². The van der Waals surface area contributed by atoms with Gasteiger partial charge >= 0.3 is 5.97 Å². The van der Waals surface area contributed by atoms with Crippen molar-refractivity contribution in [2.45, 2.75) is 20.0 Å². The number of carbonyl (C=O) groups is 1. The Balaban J connectivity index is 2.55. The standard InChI is InChI=1S/C19H20O4/c1-13(2)23-17-10-6-4-8-14(17)12-16(19(20)21)15-9-5-7-11-18(15)22-3/h4-13H,1-3H3,(H,20,21)/b16-12-. The van der Waals surface area contributed by atoms with Crippen molar-refractivity contribution in [3.8, 4) is 11.5 Å². The molecule has 0 fully saturated rings. The number of aliphatic carboxylic acids is 1. The molecular formula is C19H20O4. The fourth-order valence-electron chi connectivity index (χ4n) is 2.24. The van der Waals surface area contributed by atoms with Gasteiger partial charge in [-0.2, -0.15) is 0 Å². The van der Waals surface area contributed by atoms with Crippen LogP contribution in [0.15, 0.2) is 48.5 Å². The Kier molecular flexibility index (Phi) is 5.41. The Bertz CT molecular complexity index is 717. The Hall–Kier alpha value is -2.75. The van der Waals surface area contributed by atoms with Gasteiger partial charge in [-0.25, -0.2) is 4.79 Å². The van der Waals surface area contributed by atoms with Gasteiger partial charge in [-0.3, -0.25) is 0 Å². The van der Waals surface area contributed by atoms with Crippen molar-refractivity contribution in [1.29, 1.82) is 0 Å². The summed E-state index contributed by atoms with van der Waals surface area (Å²) in [5, 5.41) is 9.62. The van der Waals surface area contributed by atoms with Crippen LogP contribution >= 0.6 is 0 Å². The van der Waals surface area contributed by atoms with Crippen LogP contribution in [0.1, 0.15) is 25.0 Å². The molecule has 0 amide bonds. The highest BCUT2D eigenvalue weighted by molar-refractivity contribution is 6.21. The maximum absolute atomic E-state index is 11.7. The van der Waals surface area contributed by atoms with E-state index in [1.54, 1.807) is 30.3 Å². The van der Waals surface area contributed by atoms with Gasteiger partial charge in [0.1, 0.15) is 11.5 Å². The van der Waals surface area contributed by atoms with Crippen LogP contribution in [0.3, 0.4) is 0 Å². The zero-order valence-corrected chi connectivity index (χ0v) is 13.4. The fraction of sp³-hybridized carbons (Fsp3) is 0.211. The summed E-state index contributed by atoms with van der Waals surface area (Å²) in [6.07, 6.45) is 1.61. The van der Waals surface area contributed by atoms with Gasteiger partial charge in [-0.05, 0) is 32.1 Å². The lowest BCUT2D eigenvalue weighted by Gasteiger charge is -2.13. The van der Waals surface area contributed by atoms with E-state index in [1.807, 2.05) is 38.1 Å². The maximum Gasteiger partial charge on any atom is 0.336 e. The largest absolute Gasteiger partial charge is 0.496 e. The summed E-state index contributed by atoms with van der Waals surface area (Å²) in [6.45, 7) is 3.86. The molecular weight excluding hydrogens is 292 g/mol. The topological polar surface area (TPSA) is 55.8 Å². The number of ether oxygens (including phenoxy) is 2. The third-order valence-electron chi connectivity index (χ3n) is 3.21. The Morgan fingerprint density at radius 2 is 1.65 bits per heavy atom. The van der Waals surface area contributed by atoms with E-state index in [4.69, 9.17) is 9.47 Å². The van der Waals surface area contributed by atoms with Gasteiger partial charge in [0.25, 0.3) is 0 Å². The molecule has 0 aliphatic rings. The van der Waals surface area contributed by atoms with Crippen LogP contribution in [0.25, 0.3) is 11.6 Å². The number of methoxy groups -OCH3 is 1. The predicted octanol–water partition coefficient (Wildman–Crippen LogP) is 4.11.